The number of nitrogens with zero attached hydrogens (tertiary/aromatic N) is 3. The van der Waals surface area contributed by atoms with Gasteiger partial charge in [-0.05, 0) is 31.2 Å². The number of nitro groups is 1. The number of aromatic nitrogens is 1. The molecule has 2 heterocycles. The fourth-order valence-electron chi connectivity index (χ4n) is 2.15. The first kappa shape index (κ1) is 17.5. The van der Waals surface area contributed by atoms with Crippen molar-refractivity contribution in [2.75, 3.05) is 0 Å². The van der Waals surface area contributed by atoms with Crippen LogP contribution in [0.5, 0.6) is 0 Å². The van der Waals surface area contributed by atoms with Crippen LogP contribution in [-0.2, 0) is 11.2 Å². The van der Waals surface area contributed by atoms with Crippen molar-refractivity contribution in [2.45, 2.75) is 13.3 Å². The number of hydrazone groups is 1. The van der Waals surface area contributed by atoms with E-state index < -0.39 is 4.92 Å². The molecule has 0 atom stereocenters. The number of amides is 1. The molecule has 0 aliphatic heterocycles. The number of carbonyl (C=O) groups is 1. The molecule has 3 rings (SSSR count). The Bertz CT molecular complexity index is 959. The molecule has 132 valence electrons. The number of rotatable bonds is 6. The molecule has 2 aromatic heterocycles. The molecule has 9 heteroatoms. The second kappa shape index (κ2) is 7.70. The van der Waals surface area contributed by atoms with Crippen molar-refractivity contribution < 1.29 is 14.1 Å². The quantitative estimate of drug-likeness (QED) is 0.406. The topological polar surface area (TPSA) is 111 Å². The van der Waals surface area contributed by atoms with Gasteiger partial charge in [0.15, 0.2) is 0 Å². The van der Waals surface area contributed by atoms with Gasteiger partial charge in [0.25, 0.3) is 5.69 Å². The van der Waals surface area contributed by atoms with Gasteiger partial charge in [0, 0.05) is 28.8 Å². The lowest BCUT2D eigenvalue weighted by Gasteiger charge is -1.97. The van der Waals surface area contributed by atoms with Crippen molar-refractivity contribution in [3.8, 4) is 11.3 Å². The van der Waals surface area contributed by atoms with E-state index in [-0.39, 0.29) is 18.0 Å². The normalized spacial score (nSPS) is 11.0. The van der Waals surface area contributed by atoms with Crippen molar-refractivity contribution >= 4 is 29.1 Å². The maximum absolute atomic E-state index is 11.8. The third-order valence-corrected chi connectivity index (χ3v) is 4.32. The van der Waals surface area contributed by atoms with Crippen LogP contribution < -0.4 is 5.43 Å². The molecule has 0 aliphatic rings. The number of benzene rings is 1. The molecule has 1 aromatic carbocycles. The van der Waals surface area contributed by atoms with E-state index in [0.717, 1.165) is 10.7 Å². The smallest absolute Gasteiger partial charge is 0.269 e. The average Bonchev–Trinajstić information content (AvgIpc) is 3.24. The summed E-state index contributed by atoms with van der Waals surface area (Å²) in [7, 11) is 0. The Kier molecular flexibility index (Phi) is 5.18. The highest BCUT2D eigenvalue weighted by molar-refractivity contribution is 7.09. The number of nitrogens with one attached hydrogen (secondary N) is 1. The third-order valence-electron chi connectivity index (χ3n) is 3.35. The van der Waals surface area contributed by atoms with Gasteiger partial charge in [-0.1, -0.05) is 0 Å². The first-order chi connectivity index (χ1) is 12.5. The predicted octanol–water partition coefficient (Wildman–Crippen LogP) is 3.31. The molecular formula is C17H14N4O4S. The van der Waals surface area contributed by atoms with E-state index in [0.29, 0.717) is 17.1 Å². The minimum absolute atomic E-state index is 0.0141. The number of aryl methyl sites for hydroxylation is 1. The lowest BCUT2D eigenvalue weighted by molar-refractivity contribution is -0.384. The summed E-state index contributed by atoms with van der Waals surface area (Å²) >= 11 is 1.43. The van der Waals surface area contributed by atoms with Gasteiger partial charge in [-0.3, -0.25) is 14.9 Å². The lowest BCUT2D eigenvalue weighted by Crippen LogP contribution is -2.19. The van der Waals surface area contributed by atoms with E-state index >= 15 is 0 Å². The van der Waals surface area contributed by atoms with Crippen molar-refractivity contribution in [3.05, 3.63) is 68.4 Å². The number of non-ortho nitro benzene ring substituents is 1. The second-order valence-electron chi connectivity index (χ2n) is 5.36. The van der Waals surface area contributed by atoms with Gasteiger partial charge in [0.1, 0.15) is 16.5 Å². The van der Waals surface area contributed by atoms with E-state index in [1.54, 1.807) is 24.3 Å². The number of nitro benzene ring substituents is 1. The zero-order valence-corrected chi connectivity index (χ0v) is 14.5. The van der Waals surface area contributed by atoms with Crippen molar-refractivity contribution in [2.24, 2.45) is 5.10 Å². The van der Waals surface area contributed by atoms with Crippen molar-refractivity contribution in [3.63, 3.8) is 0 Å². The Morgan fingerprint density at radius 3 is 2.77 bits per heavy atom. The summed E-state index contributed by atoms with van der Waals surface area (Å²) in [5, 5.41) is 17.1. The van der Waals surface area contributed by atoms with Crippen LogP contribution >= 0.6 is 11.3 Å². The van der Waals surface area contributed by atoms with E-state index in [1.807, 2.05) is 12.3 Å². The summed E-state index contributed by atoms with van der Waals surface area (Å²) in [6, 6.07) is 9.45. The van der Waals surface area contributed by atoms with Gasteiger partial charge in [0.05, 0.1) is 17.6 Å². The van der Waals surface area contributed by atoms with Crippen LogP contribution in [-0.4, -0.2) is 22.0 Å². The first-order valence-electron chi connectivity index (χ1n) is 7.59. The highest BCUT2D eigenvalue weighted by Crippen LogP contribution is 2.23. The standard InChI is InChI=1S/C17H14N4O4S/c1-11-10-26-17(19-11)8-16(22)20-18-9-14-6-7-15(25-14)12-2-4-13(5-3-12)21(23)24/h2-7,9-10H,8H2,1H3,(H,20,22)/b18-9-. The van der Waals surface area contributed by atoms with E-state index in [4.69, 9.17) is 4.42 Å². The maximum Gasteiger partial charge on any atom is 0.269 e. The average molecular weight is 370 g/mol. The molecule has 0 aliphatic carbocycles. The Balaban J connectivity index is 1.58. The molecule has 0 radical (unpaired) electrons. The Labute approximate surface area is 152 Å². The van der Waals surface area contributed by atoms with Gasteiger partial charge >= 0.3 is 0 Å². The summed E-state index contributed by atoms with van der Waals surface area (Å²) < 4.78 is 5.59. The fraction of sp³-hybridized carbons (Fsp3) is 0.118. The predicted molar refractivity (Wildman–Crippen MR) is 97.1 cm³/mol. The van der Waals surface area contributed by atoms with Gasteiger partial charge in [0.2, 0.25) is 5.91 Å². The van der Waals surface area contributed by atoms with Crippen molar-refractivity contribution in [1.29, 1.82) is 0 Å². The van der Waals surface area contributed by atoms with Crippen LogP contribution in [0.4, 0.5) is 5.69 Å². The summed E-state index contributed by atoms with van der Waals surface area (Å²) in [4.78, 5) is 26.2. The molecule has 0 fully saturated rings. The summed E-state index contributed by atoms with van der Waals surface area (Å²) in [5.74, 6) is 0.729. The minimum atomic E-state index is -0.459. The monoisotopic (exact) mass is 370 g/mol. The second-order valence-corrected chi connectivity index (χ2v) is 6.30. The van der Waals surface area contributed by atoms with Crippen LogP contribution in [0.25, 0.3) is 11.3 Å². The summed E-state index contributed by atoms with van der Waals surface area (Å²) in [6.07, 6.45) is 1.56. The zero-order valence-electron chi connectivity index (χ0n) is 13.7. The molecule has 0 saturated heterocycles. The fourth-order valence-corrected chi connectivity index (χ4v) is 2.92. The molecule has 1 N–H and O–H groups in total. The molecule has 0 bridgehead atoms. The first-order valence-corrected chi connectivity index (χ1v) is 8.47. The van der Waals surface area contributed by atoms with Crippen LogP contribution in [0, 0.1) is 17.0 Å². The largest absolute Gasteiger partial charge is 0.455 e. The minimum Gasteiger partial charge on any atom is -0.455 e. The highest BCUT2D eigenvalue weighted by atomic mass is 32.1. The van der Waals surface area contributed by atoms with Gasteiger partial charge in [-0.15, -0.1) is 11.3 Å². The summed E-state index contributed by atoms with van der Waals surface area (Å²) in [6.45, 7) is 1.87. The molecular weight excluding hydrogens is 356 g/mol. The number of thiazole rings is 1. The number of hydrogen-bond acceptors (Lipinski definition) is 7. The van der Waals surface area contributed by atoms with Gasteiger partial charge in [-0.25, -0.2) is 10.4 Å². The SMILES string of the molecule is Cc1csc(CC(=O)N/N=C\c2ccc(-c3ccc([N+](=O)[O-])cc3)o2)n1. The van der Waals surface area contributed by atoms with Crippen LogP contribution in [0.2, 0.25) is 0 Å². The Hall–Kier alpha value is -3.33. The molecule has 8 nitrogen and oxygen atoms in total. The number of carbonyl (C=O) groups excluding carboxylic acids is 1. The zero-order chi connectivity index (χ0) is 18.5. The van der Waals surface area contributed by atoms with Crippen LogP contribution in [0.1, 0.15) is 16.5 Å². The molecule has 0 unspecified atom stereocenters. The Morgan fingerprint density at radius 1 is 1.35 bits per heavy atom. The highest BCUT2D eigenvalue weighted by Gasteiger charge is 2.08. The molecule has 26 heavy (non-hydrogen) atoms. The Morgan fingerprint density at radius 2 is 2.12 bits per heavy atom. The van der Waals surface area contributed by atoms with E-state index in [1.165, 1.54) is 29.7 Å². The van der Waals surface area contributed by atoms with Gasteiger partial charge < -0.3 is 4.42 Å². The number of hydrogen-bond donors (Lipinski definition) is 1. The van der Waals surface area contributed by atoms with Crippen LogP contribution in [0.3, 0.4) is 0 Å². The molecule has 3 aromatic rings. The van der Waals surface area contributed by atoms with Crippen molar-refractivity contribution in [1.82, 2.24) is 10.4 Å². The lowest BCUT2D eigenvalue weighted by atomic mass is 10.1. The maximum atomic E-state index is 11.8. The van der Waals surface area contributed by atoms with E-state index in [9.17, 15) is 14.9 Å². The van der Waals surface area contributed by atoms with E-state index in [2.05, 4.69) is 15.5 Å². The molecule has 0 saturated carbocycles. The summed E-state index contributed by atoms with van der Waals surface area (Å²) in [5.41, 5.74) is 4.03. The third kappa shape index (κ3) is 4.39. The molecule has 0 spiro atoms. The number of furan rings is 1. The van der Waals surface area contributed by atoms with Gasteiger partial charge in [-0.2, -0.15) is 5.10 Å². The molecule has 1 amide bonds. The van der Waals surface area contributed by atoms with Crippen LogP contribution in [0.15, 0.2) is 51.3 Å².